The molecule has 26 heavy (non-hydrogen) atoms. The highest BCUT2D eigenvalue weighted by Crippen LogP contribution is 2.40. The van der Waals surface area contributed by atoms with Crippen LogP contribution in [0.4, 0.5) is 4.79 Å². The largest absolute Gasteiger partial charge is 0.504 e. The fraction of sp³-hybridized carbons (Fsp3) is 0.389. The number of hydrogen-bond donors (Lipinski definition) is 2. The minimum atomic E-state index is -0.583. The summed E-state index contributed by atoms with van der Waals surface area (Å²) in [5, 5.41) is 14.2. The normalized spacial score (nSPS) is 13.0. The maximum atomic E-state index is 12.0. The number of aromatic hydroxyl groups is 1. The summed E-state index contributed by atoms with van der Waals surface area (Å²) in [6.07, 6.45) is 2.91. The summed E-state index contributed by atoms with van der Waals surface area (Å²) in [4.78, 5) is 21.5. The molecule has 0 aromatic carbocycles. The number of aromatic nitrogens is 3. The SMILES string of the molecule is CC(NC(=O)OC(C)(C)C)c1c(O)c2nc(-c3cccnc3)sc2n1C. The minimum absolute atomic E-state index is 0.0671. The first-order chi connectivity index (χ1) is 12.2. The molecule has 3 rings (SSSR count). The number of amides is 1. The van der Waals surface area contributed by atoms with Crippen LogP contribution in [0.3, 0.4) is 0 Å². The molecule has 2 N–H and O–H groups in total. The molecule has 0 aliphatic carbocycles. The van der Waals surface area contributed by atoms with Gasteiger partial charge in [-0.3, -0.25) is 4.98 Å². The first-order valence-electron chi connectivity index (χ1n) is 8.25. The van der Waals surface area contributed by atoms with E-state index in [2.05, 4.69) is 15.3 Å². The van der Waals surface area contributed by atoms with E-state index >= 15 is 0 Å². The van der Waals surface area contributed by atoms with Crippen LogP contribution in [0.15, 0.2) is 24.5 Å². The van der Waals surface area contributed by atoms with Crippen LogP contribution in [0.25, 0.3) is 20.9 Å². The molecule has 0 aliphatic rings. The Morgan fingerprint density at radius 1 is 1.42 bits per heavy atom. The lowest BCUT2D eigenvalue weighted by Gasteiger charge is -2.22. The van der Waals surface area contributed by atoms with Gasteiger partial charge in [0.05, 0.1) is 11.7 Å². The van der Waals surface area contributed by atoms with Gasteiger partial charge in [0.25, 0.3) is 0 Å². The average molecular weight is 374 g/mol. The Kier molecular flexibility index (Phi) is 4.62. The predicted octanol–water partition coefficient (Wildman–Crippen LogP) is 3.99. The molecule has 3 aromatic heterocycles. The third-order valence-corrected chi connectivity index (χ3v) is 4.97. The molecule has 3 aromatic rings. The van der Waals surface area contributed by atoms with Crippen molar-refractivity contribution >= 4 is 27.8 Å². The maximum Gasteiger partial charge on any atom is 0.408 e. The Morgan fingerprint density at radius 3 is 2.73 bits per heavy atom. The van der Waals surface area contributed by atoms with Crippen LogP contribution in [0, 0.1) is 0 Å². The number of carbonyl (C=O) groups is 1. The van der Waals surface area contributed by atoms with Crippen molar-refractivity contribution in [3.8, 4) is 16.3 Å². The predicted molar refractivity (Wildman–Crippen MR) is 101 cm³/mol. The molecule has 7 nitrogen and oxygen atoms in total. The number of carbonyl (C=O) groups excluding carboxylic acids is 1. The van der Waals surface area contributed by atoms with Crippen LogP contribution < -0.4 is 5.32 Å². The maximum absolute atomic E-state index is 12.0. The van der Waals surface area contributed by atoms with Crippen LogP contribution >= 0.6 is 11.3 Å². The number of aryl methyl sites for hydroxylation is 1. The van der Waals surface area contributed by atoms with Gasteiger partial charge in [-0.25, -0.2) is 9.78 Å². The van der Waals surface area contributed by atoms with E-state index < -0.39 is 17.7 Å². The van der Waals surface area contributed by atoms with E-state index in [4.69, 9.17) is 4.74 Å². The molecular formula is C18H22N4O3S. The molecule has 1 atom stereocenters. The van der Waals surface area contributed by atoms with Crippen molar-refractivity contribution in [2.45, 2.75) is 39.3 Å². The number of fused-ring (bicyclic) bond motifs is 1. The van der Waals surface area contributed by atoms with E-state index in [1.165, 1.54) is 11.3 Å². The number of alkyl carbamates (subject to hydrolysis) is 1. The number of thiazole rings is 1. The summed E-state index contributed by atoms with van der Waals surface area (Å²) >= 11 is 1.47. The summed E-state index contributed by atoms with van der Waals surface area (Å²) < 4.78 is 7.13. The van der Waals surface area contributed by atoms with Crippen molar-refractivity contribution in [1.82, 2.24) is 19.9 Å². The first-order valence-corrected chi connectivity index (χ1v) is 9.07. The highest BCUT2D eigenvalue weighted by molar-refractivity contribution is 7.21. The second-order valence-electron chi connectivity index (χ2n) is 7.08. The Hall–Kier alpha value is -2.61. The Bertz CT molecular complexity index is 903. The van der Waals surface area contributed by atoms with E-state index in [1.54, 1.807) is 40.1 Å². The summed E-state index contributed by atoms with van der Waals surface area (Å²) in [7, 11) is 1.84. The van der Waals surface area contributed by atoms with E-state index in [0.717, 1.165) is 15.4 Å². The van der Waals surface area contributed by atoms with E-state index in [1.807, 2.05) is 23.7 Å². The number of nitrogens with one attached hydrogen (secondary N) is 1. The molecule has 1 unspecified atom stereocenters. The number of nitrogens with zero attached hydrogens (tertiary/aromatic N) is 3. The van der Waals surface area contributed by atoms with Crippen molar-refractivity contribution in [3.05, 3.63) is 30.2 Å². The fourth-order valence-electron chi connectivity index (χ4n) is 2.74. The Balaban J connectivity index is 1.90. The van der Waals surface area contributed by atoms with Crippen molar-refractivity contribution in [1.29, 1.82) is 0 Å². The zero-order valence-corrected chi connectivity index (χ0v) is 16.2. The van der Waals surface area contributed by atoms with Gasteiger partial charge in [0.2, 0.25) is 0 Å². The van der Waals surface area contributed by atoms with E-state index in [-0.39, 0.29) is 5.75 Å². The van der Waals surface area contributed by atoms with Gasteiger partial charge in [0, 0.05) is 25.0 Å². The molecule has 3 heterocycles. The molecule has 0 spiro atoms. The summed E-state index contributed by atoms with van der Waals surface area (Å²) in [5.41, 5.74) is 1.42. The number of ether oxygens (including phenoxy) is 1. The molecule has 0 saturated heterocycles. The third kappa shape index (κ3) is 3.50. The second-order valence-corrected chi connectivity index (χ2v) is 8.05. The van der Waals surface area contributed by atoms with Crippen LogP contribution in [0.2, 0.25) is 0 Å². The van der Waals surface area contributed by atoms with Crippen LogP contribution in [0.1, 0.15) is 39.4 Å². The quantitative estimate of drug-likeness (QED) is 0.723. The number of rotatable bonds is 3. The van der Waals surface area contributed by atoms with E-state index in [0.29, 0.717) is 11.2 Å². The second kappa shape index (κ2) is 6.60. The van der Waals surface area contributed by atoms with Crippen molar-refractivity contribution in [3.63, 3.8) is 0 Å². The van der Waals surface area contributed by atoms with Crippen molar-refractivity contribution in [2.75, 3.05) is 0 Å². The van der Waals surface area contributed by atoms with Gasteiger partial charge in [-0.05, 0) is 39.8 Å². The molecule has 0 saturated carbocycles. The van der Waals surface area contributed by atoms with Crippen LogP contribution in [-0.2, 0) is 11.8 Å². The van der Waals surface area contributed by atoms with Crippen molar-refractivity contribution in [2.24, 2.45) is 7.05 Å². The van der Waals surface area contributed by atoms with Crippen LogP contribution in [-0.4, -0.2) is 31.3 Å². The van der Waals surface area contributed by atoms with E-state index in [9.17, 15) is 9.90 Å². The lowest BCUT2D eigenvalue weighted by atomic mass is 10.2. The lowest BCUT2D eigenvalue weighted by molar-refractivity contribution is 0.0506. The van der Waals surface area contributed by atoms with Crippen LogP contribution in [0.5, 0.6) is 5.75 Å². The Labute approximate surface area is 155 Å². The lowest BCUT2D eigenvalue weighted by Crippen LogP contribution is -2.34. The molecule has 0 bridgehead atoms. The molecule has 0 radical (unpaired) electrons. The fourth-order valence-corrected chi connectivity index (χ4v) is 3.78. The summed E-state index contributed by atoms with van der Waals surface area (Å²) in [6, 6.07) is 3.34. The van der Waals surface area contributed by atoms with Gasteiger partial charge >= 0.3 is 6.09 Å². The molecule has 0 fully saturated rings. The standard InChI is InChI=1S/C18H22N4O3S/c1-10(20-17(24)25-18(2,3)4)13-14(23)12-16(22(13)5)26-15(21-12)11-7-6-8-19-9-11/h6-10,23H,1-5H3,(H,20,24). The monoisotopic (exact) mass is 374 g/mol. The van der Waals surface area contributed by atoms with Crippen molar-refractivity contribution < 1.29 is 14.6 Å². The summed E-state index contributed by atoms with van der Waals surface area (Å²) in [5.74, 6) is 0.0671. The topological polar surface area (TPSA) is 89.3 Å². The zero-order valence-electron chi connectivity index (χ0n) is 15.4. The molecule has 1 amide bonds. The average Bonchev–Trinajstić information content (AvgIpc) is 3.07. The number of pyridine rings is 1. The van der Waals surface area contributed by atoms with Gasteiger partial charge < -0.3 is 19.7 Å². The third-order valence-electron chi connectivity index (χ3n) is 3.79. The zero-order chi connectivity index (χ0) is 19.1. The minimum Gasteiger partial charge on any atom is -0.504 e. The van der Waals surface area contributed by atoms with Gasteiger partial charge in [-0.2, -0.15) is 0 Å². The highest BCUT2D eigenvalue weighted by atomic mass is 32.1. The molecule has 0 aliphatic heterocycles. The van der Waals surface area contributed by atoms with Gasteiger partial charge in [-0.1, -0.05) is 11.3 Å². The van der Waals surface area contributed by atoms with Gasteiger partial charge in [0.1, 0.15) is 21.0 Å². The number of hydrogen-bond acceptors (Lipinski definition) is 6. The van der Waals surface area contributed by atoms with Gasteiger partial charge in [0.15, 0.2) is 5.75 Å². The highest BCUT2D eigenvalue weighted by Gasteiger charge is 2.26. The smallest absolute Gasteiger partial charge is 0.408 e. The molecule has 138 valence electrons. The Morgan fingerprint density at radius 2 is 2.15 bits per heavy atom. The summed E-state index contributed by atoms with van der Waals surface area (Å²) in [6.45, 7) is 7.20. The molecule has 8 heteroatoms. The molecular weight excluding hydrogens is 352 g/mol. The van der Waals surface area contributed by atoms with Gasteiger partial charge in [-0.15, -0.1) is 0 Å². The first kappa shape index (κ1) is 18.2.